The quantitative estimate of drug-likeness (QED) is 0.340. The van der Waals surface area contributed by atoms with Crippen LogP contribution in [0.25, 0.3) is 33.3 Å². The van der Waals surface area contributed by atoms with Crippen molar-refractivity contribution in [2.75, 3.05) is 18.1 Å². The highest BCUT2D eigenvalue weighted by molar-refractivity contribution is 7.82. The fraction of sp³-hybridized carbons (Fsp3) is 0.0800. The van der Waals surface area contributed by atoms with Crippen molar-refractivity contribution in [3.8, 4) is 22.4 Å². The number of anilines is 1. The van der Waals surface area contributed by atoms with Gasteiger partial charge in [-0.15, -0.1) is 11.3 Å². The highest BCUT2D eigenvalue weighted by Crippen LogP contribution is 2.28. The summed E-state index contributed by atoms with van der Waals surface area (Å²) in [6.45, 7) is -0.238. The number of benzene rings is 1. The van der Waals surface area contributed by atoms with E-state index in [0.717, 1.165) is 22.4 Å². The van der Waals surface area contributed by atoms with Crippen LogP contribution in [0.2, 0.25) is 0 Å². The predicted octanol–water partition coefficient (Wildman–Crippen LogP) is 3.73. The van der Waals surface area contributed by atoms with Crippen LogP contribution in [0.3, 0.4) is 0 Å². The molecule has 4 aromatic heterocycles. The number of nitrogens with zero attached hydrogens (tertiary/aromatic N) is 4. The van der Waals surface area contributed by atoms with Gasteiger partial charge in [0.05, 0.1) is 29.5 Å². The summed E-state index contributed by atoms with van der Waals surface area (Å²) in [5, 5.41) is 8.25. The average molecular weight is 517 g/mol. The molecule has 11 heteroatoms. The third kappa shape index (κ3) is 4.92. The minimum absolute atomic E-state index is 0.238. The van der Waals surface area contributed by atoms with E-state index < -0.39 is 22.8 Å². The zero-order valence-corrected chi connectivity index (χ0v) is 20.7. The van der Waals surface area contributed by atoms with Crippen LogP contribution in [0.5, 0.6) is 0 Å². The molecule has 180 valence electrons. The van der Waals surface area contributed by atoms with Crippen molar-refractivity contribution < 1.29 is 13.8 Å². The summed E-state index contributed by atoms with van der Waals surface area (Å²) in [5.41, 5.74) is 4.66. The van der Waals surface area contributed by atoms with E-state index in [0.29, 0.717) is 21.6 Å². The molecular formula is C25H20N6O3S2. The number of carbonyl (C=O) groups excluding carboxylic acids is 2. The van der Waals surface area contributed by atoms with E-state index in [1.807, 2.05) is 41.8 Å². The lowest BCUT2D eigenvalue weighted by atomic mass is 10.0. The second-order valence-corrected chi connectivity index (χ2v) is 9.87. The van der Waals surface area contributed by atoms with Gasteiger partial charge in [0.1, 0.15) is 11.0 Å². The molecule has 0 aliphatic rings. The first-order chi connectivity index (χ1) is 17.5. The summed E-state index contributed by atoms with van der Waals surface area (Å²) in [5.74, 6) is -0.849. The lowest BCUT2D eigenvalue weighted by molar-refractivity contribution is -0.115. The first-order valence-electron chi connectivity index (χ1n) is 10.8. The van der Waals surface area contributed by atoms with Crippen molar-refractivity contribution in [1.29, 1.82) is 0 Å². The molecule has 2 N–H and O–H groups in total. The number of carbonyl (C=O) groups is 2. The van der Waals surface area contributed by atoms with E-state index in [9.17, 15) is 13.8 Å². The van der Waals surface area contributed by atoms with Gasteiger partial charge in [-0.05, 0) is 35.4 Å². The smallest absolute Gasteiger partial charge is 0.253 e. The van der Waals surface area contributed by atoms with Crippen LogP contribution >= 0.6 is 11.3 Å². The van der Waals surface area contributed by atoms with Crippen LogP contribution in [0.15, 0.2) is 78.8 Å². The highest BCUT2D eigenvalue weighted by Gasteiger charge is 2.17. The monoisotopic (exact) mass is 516 g/mol. The van der Waals surface area contributed by atoms with Gasteiger partial charge >= 0.3 is 0 Å². The molecule has 5 rings (SSSR count). The van der Waals surface area contributed by atoms with Crippen molar-refractivity contribution in [2.24, 2.45) is 0 Å². The molecule has 0 saturated heterocycles. The van der Waals surface area contributed by atoms with E-state index in [2.05, 4.69) is 25.6 Å². The third-order valence-corrected chi connectivity index (χ3v) is 7.04. The molecule has 5 aromatic rings. The molecule has 0 bridgehead atoms. The molecular weight excluding hydrogens is 496 g/mol. The summed E-state index contributed by atoms with van der Waals surface area (Å²) >= 11 is 1.30. The normalized spacial score (nSPS) is 11.8. The molecule has 2 amide bonds. The van der Waals surface area contributed by atoms with E-state index in [4.69, 9.17) is 0 Å². The number of amides is 2. The van der Waals surface area contributed by atoms with Crippen molar-refractivity contribution in [1.82, 2.24) is 24.2 Å². The molecule has 1 unspecified atom stereocenters. The van der Waals surface area contributed by atoms with E-state index in [1.54, 1.807) is 30.9 Å². The van der Waals surface area contributed by atoms with Crippen molar-refractivity contribution >= 4 is 50.2 Å². The Morgan fingerprint density at radius 2 is 1.81 bits per heavy atom. The predicted molar refractivity (Wildman–Crippen MR) is 141 cm³/mol. The number of fused-ring (bicyclic) bond motifs is 1. The van der Waals surface area contributed by atoms with Gasteiger partial charge in [0.25, 0.3) is 5.91 Å². The van der Waals surface area contributed by atoms with Gasteiger partial charge in [-0.1, -0.05) is 18.2 Å². The number of rotatable bonds is 7. The molecule has 0 spiro atoms. The topological polar surface area (TPSA) is 119 Å². The van der Waals surface area contributed by atoms with E-state index in [-0.39, 0.29) is 6.54 Å². The second kappa shape index (κ2) is 10.2. The number of nitrogens with one attached hydrogen (secondary N) is 2. The fourth-order valence-electron chi connectivity index (χ4n) is 3.72. The Labute approximate surface area is 212 Å². The zero-order chi connectivity index (χ0) is 25.1. The van der Waals surface area contributed by atoms with Gasteiger partial charge in [-0.3, -0.25) is 23.5 Å². The maximum absolute atomic E-state index is 12.7. The molecule has 0 radical (unpaired) electrons. The standard InChI is InChI=1S/C25H20N6O3S2/c1-36(34)31-14-20(19-7-10-27-12-22(19)31)24(33)28-13-23(32)30-25-29-21(15-35-25)18-4-2-3-17(11-18)16-5-8-26-9-6-16/h2-12,14-15H,13H2,1H3,(H,28,33)(H,29,30,32). The Balaban J connectivity index is 1.24. The van der Waals surface area contributed by atoms with Crippen LogP contribution in [0.4, 0.5) is 5.13 Å². The Morgan fingerprint density at radius 1 is 1.03 bits per heavy atom. The lowest BCUT2D eigenvalue weighted by Gasteiger charge is -2.05. The second-order valence-electron chi connectivity index (χ2n) is 7.77. The average Bonchev–Trinajstić information content (AvgIpc) is 3.53. The molecule has 0 saturated carbocycles. The van der Waals surface area contributed by atoms with Gasteiger partial charge in [0.15, 0.2) is 5.13 Å². The first-order valence-corrected chi connectivity index (χ1v) is 13.2. The van der Waals surface area contributed by atoms with Crippen LogP contribution in [-0.4, -0.2) is 47.7 Å². The Kier molecular flexibility index (Phi) is 6.65. The Bertz CT molecular complexity index is 1600. The molecule has 0 fully saturated rings. The van der Waals surface area contributed by atoms with Crippen molar-refractivity contribution in [3.63, 3.8) is 0 Å². The van der Waals surface area contributed by atoms with Crippen LogP contribution < -0.4 is 10.6 Å². The maximum Gasteiger partial charge on any atom is 0.253 e. The molecule has 0 aliphatic carbocycles. The summed E-state index contributed by atoms with van der Waals surface area (Å²) in [6.07, 6.45) is 9.62. The zero-order valence-electron chi connectivity index (χ0n) is 19.0. The summed E-state index contributed by atoms with van der Waals surface area (Å²) in [7, 11) is -1.36. The molecule has 0 aliphatic heterocycles. The largest absolute Gasteiger partial charge is 0.343 e. The lowest BCUT2D eigenvalue weighted by Crippen LogP contribution is -2.32. The minimum atomic E-state index is -1.36. The number of pyridine rings is 2. The van der Waals surface area contributed by atoms with Gasteiger partial charge < -0.3 is 10.6 Å². The van der Waals surface area contributed by atoms with Gasteiger partial charge in [-0.2, -0.15) is 0 Å². The number of aromatic nitrogens is 4. The van der Waals surface area contributed by atoms with Crippen molar-refractivity contribution in [2.45, 2.75) is 0 Å². The first kappa shape index (κ1) is 23.5. The molecule has 4 heterocycles. The maximum atomic E-state index is 12.7. The van der Waals surface area contributed by atoms with Gasteiger partial charge in [0, 0.05) is 47.4 Å². The molecule has 9 nitrogen and oxygen atoms in total. The van der Waals surface area contributed by atoms with E-state index in [1.165, 1.54) is 27.8 Å². The summed E-state index contributed by atoms with van der Waals surface area (Å²) in [6, 6.07) is 13.5. The fourth-order valence-corrected chi connectivity index (χ4v) is 5.14. The molecule has 1 aromatic carbocycles. The molecule has 1 atom stereocenters. The highest BCUT2D eigenvalue weighted by atomic mass is 32.2. The Hall–Kier alpha value is -4.22. The van der Waals surface area contributed by atoms with Crippen LogP contribution in [0, 0.1) is 0 Å². The Morgan fingerprint density at radius 3 is 2.61 bits per heavy atom. The number of hydrogen-bond acceptors (Lipinski definition) is 7. The third-order valence-electron chi connectivity index (χ3n) is 5.43. The van der Waals surface area contributed by atoms with Crippen LogP contribution in [-0.2, 0) is 15.8 Å². The van der Waals surface area contributed by atoms with Gasteiger partial charge in [0.2, 0.25) is 5.91 Å². The minimum Gasteiger partial charge on any atom is -0.343 e. The van der Waals surface area contributed by atoms with Crippen LogP contribution in [0.1, 0.15) is 10.4 Å². The van der Waals surface area contributed by atoms with E-state index >= 15 is 0 Å². The SMILES string of the molecule is CS(=O)n1cc(C(=O)NCC(=O)Nc2nc(-c3cccc(-c4ccncc4)c3)cs2)c2ccncc21. The molecule has 36 heavy (non-hydrogen) atoms. The number of thiazole rings is 1. The summed E-state index contributed by atoms with van der Waals surface area (Å²) in [4.78, 5) is 37.8. The van der Waals surface area contributed by atoms with Crippen molar-refractivity contribution in [3.05, 3.63) is 84.4 Å². The number of hydrogen-bond donors (Lipinski definition) is 2. The van der Waals surface area contributed by atoms with Gasteiger partial charge in [-0.25, -0.2) is 9.19 Å². The summed E-state index contributed by atoms with van der Waals surface area (Å²) < 4.78 is 13.5.